The van der Waals surface area contributed by atoms with E-state index in [0.717, 1.165) is 11.4 Å². The van der Waals surface area contributed by atoms with Crippen molar-refractivity contribution in [3.63, 3.8) is 0 Å². The molecule has 1 heterocycles. The fourth-order valence-corrected chi connectivity index (χ4v) is 2.62. The third-order valence-corrected chi connectivity index (χ3v) is 3.90. The van der Waals surface area contributed by atoms with Gasteiger partial charge < -0.3 is 0 Å². The molecule has 0 amide bonds. The van der Waals surface area contributed by atoms with Crippen LogP contribution < -0.4 is 0 Å². The third-order valence-electron chi connectivity index (χ3n) is 2.87. The summed E-state index contributed by atoms with van der Waals surface area (Å²) >= 11 is 0. The first kappa shape index (κ1) is 14.9. The van der Waals surface area contributed by atoms with Crippen molar-refractivity contribution in [2.24, 2.45) is 0 Å². The topological polar surface area (TPSA) is 69.0 Å². The van der Waals surface area contributed by atoms with E-state index in [1.165, 1.54) is 6.26 Å². The molecular formula is C12H20N2O3S. The van der Waals surface area contributed by atoms with Gasteiger partial charge >= 0.3 is 0 Å². The lowest BCUT2D eigenvalue weighted by Gasteiger charge is -2.04. The Morgan fingerprint density at radius 3 is 2.44 bits per heavy atom. The molecule has 6 heteroatoms. The van der Waals surface area contributed by atoms with Gasteiger partial charge in [-0.05, 0) is 20.3 Å². The van der Waals surface area contributed by atoms with Gasteiger partial charge in [-0.25, -0.2) is 8.42 Å². The molecule has 0 bridgehead atoms. The fraction of sp³-hybridized carbons (Fsp3) is 0.667. The van der Waals surface area contributed by atoms with Gasteiger partial charge in [0, 0.05) is 24.9 Å². The lowest BCUT2D eigenvalue weighted by molar-refractivity contribution is 0.0987. The van der Waals surface area contributed by atoms with E-state index < -0.39 is 9.84 Å². The summed E-state index contributed by atoms with van der Waals surface area (Å²) in [7, 11) is -2.94. The first-order chi connectivity index (χ1) is 8.26. The van der Waals surface area contributed by atoms with Crippen molar-refractivity contribution in [2.75, 3.05) is 12.0 Å². The van der Waals surface area contributed by atoms with Gasteiger partial charge in [0.15, 0.2) is 5.78 Å². The van der Waals surface area contributed by atoms with Gasteiger partial charge in [0.1, 0.15) is 9.84 Å². The lowest BCUT2D eigenvalue weighted by atomic mass is 10.1. The van der Waals surface area contributed by atoms with Crippen molar-refractivity contribution in [2.45, 2.75) is 40.2 Å². The molecule has 1 rings (SSSR count). The summed E-state index contributed by atoms with van der Waals surface area (Å²) < 4.78 is 23.8. The Hall–Kier alpha value is -1.17. The van der Waals surface area contributed by atoms with E-state index in [4.69, 9.17) is 0 Å². The number of rotatable bonds is 6. The Morgan fingerprint density at radius 1 is 1.33 bits per heavy atom. The number of nitrogens with zero attached hydrogens (tertiary/aromatic N) is 2. The van der Waals surface area contributed by atoms with Crippen LogP contribution in [0.3, 0.4) is 0 Å². The second-order valence-corrected chi connectivity index (χ2v) is 6.79. The first-order valence-electron chi connectivity index (χ1n) is 6.01. The number of carbonyl (C=O) groups is 1. The standard InChI is InChI=1S/C12H20N2O3S/c1-5-11(15)12-9(2)13-14(10(12)3)7-6-8-18(4,16)17/h5-8H2,1-4H3. The van der Waals surface area contributed by atoms with Gasteiger partial charge in [-0.15, -0.1) is 0 Å². The quantitative estimate of drug-likeness (QED) is 0.736. The van der Waals surface area contributed by atoms with Crippen LogP contribution in [-0.2, 0) is 16.4 Å². The van der Waals surface area contributed by atoms with E-state index in [2.05, 4.69) is 5.10 Å². The van der Waals surface area contributed by atoms with Crippen molar-refractivity contribution in [1.29, 1.82) is 0 Å². The summed E-state index contributed by atoms with van der Waals surface area (Å²) in [6.07, 6.45) is 2.19. The van der Waals surface area contributed by atoms with Gasteiger partial charge in [-0.2, -0.15) is 5.10 Å². The molecule has 0 aromatic carbocycles. The molecule has 1 aromatic rings. The van der Waals surface area contributed by atoms with Crippen LogP contribution in [-0.4, -0.2) is 36.0 Å². The molecule has 1 aromatic heterocycles. The molecule has 0 spiro atoms. The summed E-state index contributed by atoms with van der Waals surface area (Å²) in [4.78, 5) is 11.8. The van der Waals surface area contributed by atoms with Crippen LogP contribution in [0.2, 0.25) is 0 Å². The molecule has 0 N–H and O–H groups in total. The SMILES string of the molecule is CCC(=O)c1c(C)nn(CCCS(C)(=O)=O)c1C. The fourth-order valence-electron chi connectivity index (χ4n) is 1.97. The summed E-state index contributed by atoms with van der Waals surface area (Å²) in [5, 5.41) is 4.30. The number of aryl methyl sites for hydroxylation is 2. The predicted octanol–water partition coefficient (Wildman–Crippen LogP) is 1.53. The van der Waals surface area contributed by atoms with Crippen molar-refractivity contribution >= 4 is 15.6 Å². The van der Waals surface area contributed by atoms with E-state index in [-0.39, 0.29) is 11.5 Å². The minimum atomic E-state index is -2.94. The van der Waals surface area contributed by atoms with Crippen LogP contribution in [0.1, 0.15) is 41.5 Å². The van der Waals surface area contributed by atoms with Crippen LogP contribution in [0.4, 0.5) is 0 Å². The van der Waals surface area contributed by atoms with E-state index >= 15 is 0 Å². The molecule has 0 radical (unpaired) electrons. The molecule has 102 valence electrons. The van der Waals surface area contributed by atoms with E-state index in [9.17, 15) is 13.2 Å². The number of ketones is 1. The van der Waals surface area contributed by atoms with Crippen LogP contribution >= 0.6 is 0 Å². The highest BCUT2D eigenvalue weighted by molar-refractivity contribution is 7.90. The third kappa shape index (κ3) is 3.66. The van der Waals surface area contributed by atoms with Crippen LogP contribution in [0.25, 0.3) is 0 Å². The number of Topliss-reactive ketones (excluding diaryl/α,β-unsaturated/α-hetero) is 1. The summed E-state index contributed by atoms with van der Waals surface area (Å²) in [6.45, 7) is 6.01. The highest BCUT2D eigenvalue weighted by Crippen LogP contribution is 2.15. The average Bonchev–Trinajstić information content (AvgIpc) is 2.52. The molecular weight excluding hydrogens is 252 g/mol. The number of hydrogen-bond donors (Lipinski definition) is 0. The van der Waals surface area contributed by atoms with Crippen molar-refractivity contribution in [3.05, 3.63) is 17.0 Å². The van der Waals surface area contributed by atoms with E-state index in [1.54, 1.807) is 4.68 Å². The van der Waals surface area contributed by atoms with Crippen molar-refractivity contribution in [3.8, 4) is 0 Å². The Labute approximate surface area is 108 Å². The average molecular weight is 272 g/mol. The second-order valence-electron chi connectivity index (χ2n) is 4.53. The molecule has 0 unspecified atom stereocenters. The normalized spacial score (nSPS) is 11.8. The maximum Gasteiger partial charge on any atom is 0.166 e. The molecule has 0 aliphatic heterocycles. The zero-order valence-corrected chi connectivity index (χ0v) is 12.2. The molecule has 0 atom stereocenters. The van der Waals surface area contributed by atoms with Gasteiger partial charge in [-0.1, -0.05) is 6.92 Å². The van der Waals surface area contributed by atoms with Gasteiger partial charge in [0.2, 0.25) is 0 Å². The highest BCUT2D eigenvalue weighted by atomic mass is 32.2. The van der Waals surface area contributed by atoms with E-state index in [1.807, 2.05) is 20.8 Å². The number of aromatic nitrogens is 2. The summed E-state index contributed by atoms with van der Waals surface area (Å²) in [6, 6.07) is 0. The minimum Gasteiger partial charge on any atom is -0.294 e. The minimum absolute atomic E-state index is 0.0827. The Kier molecular flexibility index (Phi) is 4.67. The Morgan fingerprint density at radius 2 is 1.94 bits per heavy atom. The van der Waals surface area contributed by atoms with Crippen molar-refractivity contribution < 1.29 is 13.2 Å². The molecule has 18 heavy (non-hydrogen) atoms. The highest BCUT2D eigenvalue weighted by Gasteiger charge is 2.16. The lowest BCUT2D eigenvalue weighted by Crippen LogP contribution is -2.10. The smallest absolute Gasteiger partial charge is 0.166 e. The first-order valence-corrected chi connectivity index (χ1v) is 8.07. The van der Waals surface area contributed by atoms with Crippen molar-refractivity contribution in [1.82, 2.24) is 9.78 Å². The molecule has 0 saturated carbocycles. The summed E-state index contributed by atoms with van der Waals surface area (Å²) in [5.41, 5.74) is 2.23. The maximum absolute atomic E-state index is 11.8. The van der Waals surface area contributed by atoms with E-state index in [0.29, 0.717) is 24.9 Å². The Balaban J connectivity index is 2.83. The zero-order valence-electron chi connectivity index (χ0n) is 11.4. The monoisotopic (exact) mass is 272 g/mol. The zero-order chi connectivity index (χ0) is 13.9. The molecule has 0 aliphatic rings. The van der Waals surface area contributed by atoms with Gasteiger partial charge in [0.05, 0.1) is 17.0 Å². The molecule has 0 saturated heterocycles. The Bertz CT molecular complexity index is 544. The predicted molar refractivity (Wildman–Crippen MR) is 70.7 cm³/mol. The summed E-state index contributed by atoms with van der Waals surface area (Å²) in [5.74, 6) is 0.224. The van der Waals surface area contributed by atoms with Crippen LogP contribution in [0.15, 0.2) is 0 Å². The van der Waals surface area contributed by atoms with Crippen LogP contribution in [0.5, 0.6) is 0 Å². The second kappa shape index (κ2) is 5.65. The maximum atomic E-state index is 11.8. The molecule has 5 nitrogen and oxygen atoms in total. The number of sulfone groups is 1. The number of hydrogen-bond acceptors (Lipinski definition) is 4. The largest absolute Gasteiger partial charge is 0.294 e. The van der Waals surface area contributed by atoms with Gasteiger partial charge in [0.25, 0.3) is 0 Å². The van der Waals surface area contributed by atoms with Crippen LogP contribution in [0, 0.1) is 13.8 Å². The molecule has 0 aliphatic carbocycles. The molecule has 0 fully saturated rings. The number of carbonyl (C=O) groups excluding carboxylic acids is 1. The van der Waals surface area contributed by atoms with Gasteiger partial charge in [-0.3, -0.25) is 9.48 Å².